The Morgan fingerprint density at radius 1 is 0.548 bits per heavy atom. The Labute approximate surface area is 263 Å². The van der Waals surface area contributed by atoms with Crippen LogP contribution in [0.5, 0.6) is 0 Å². The molecule has 0 atom stereocenters. The molecule has 4 aromatic carbocycles. The van der Waals surface area contributed by atoms with Crippen molar-refractivity contribution in [2.45, 2.75) is 36.5 Å². The van der Waals surface area contributed by atoms with Crippen LogP contribution in [0.25, 0.3) is 0 Å². The molecule has 0 aromatic heterocycles. The molecule has 0 unspecified atom stereocenters. The number of amides is 2. The van der Waals surface area contributed by atoms with Crippen LogP contribution in [0, 0.1) is 0 Å². The van der Waals surface area contributed by atoms with Gasteiger partial charge in [0.2, 0.25) is 12.8 Å². The molecule has 0 radical (unpaired) electrons. The second-order valence-corrected chi connectivity index (χ2v) is 11.3. The van der Waals surface area contributed by atoms with Crippen LogP contribution in [0.15, 0.2) is 121 Å². The zero-order valence-electron chi connectivity index (χ0n) is 24.0. The largest absolute Gasteiger partial charge is 0.396 e. The average Bonchev–Trinajstić information content (AvgIpc) is 3.07. The predicted octanol–water partition coefficient (Wildman–Crippen LogP) is 6.43. The van der Waals surface area contributed by atoms with Crippen LogP contribution in [-0.2, 0) is 20.4 Å². The lowest BCUT2D eigenvalue weighted by Crippen LogP contribution is -2.39. The minimum atomic E-state index is -0.313. The number of aliphatic hydroxyl groups is 1. The average molecular weight is 677 g/mol. The fraction of sp³-hybridized carbons (Fsp3) is 0.278. The van der Waals surface area contributed by atoms with Gasteiger partial charge in [-0.2, -0.15) is 0 Å². The summed E-state index contributed by atoms with van der Waals surface area (Å²) in [5.74, 6) is 0. The van der Waals surface area contributed by atoms with Gasteiger partial charge in [0, 0.05) is 30.5 Å². The van der Waals surface area contributed by atoms with Crippen molar-refractivity contribution in [1.29, 1.82) is 0 Å². The van der Waals surface area contributed by atoms with Crippen LogP contribution in [-0.4, -0.2) is 42.1 Å². The highest BCUT2D eigenvalue weighted by atomic mass is 127. The Hall–Kier alpha value is -3.49. The molecule has 220 valence electrons. The minimum Gasteiger partial charge on any atom is -0.396 e. The van der Waals surface area contributed by atoms with Crippen LogP contribution in [0.3, 0.4) is 0 Å². The smallest absolute Gasteiger partial charge is 0.207 e. The van der Waals surface area contributed by atoms with E-state index in [2.05, 4.69) is 106 Å². The van der Waals surface area contributed by atoms with E-state index in [1.807, 2.05) is 48.5 Å². The van der Waals surface area contributed by atoms with E-state index in [-0.39, 0.29) is 17.4 Å². The van der Waals surface area contributed by atoms with Crippen molar-refractivity contribution in [3.8, 4) is 0 Å². The van der Waals surface area contributed by atoms with E-state index in [1.165, 1.54) is 11.1 Å². The van der Waals surface area contributed by atoms with Crippen molar-refractivity contribution in [1.82, 2.24) is 10.6 Å². The summed E-state index contributed by atoms with van der Waals surface area (Å²) in [6.07, 6.45) is 5.13. The molecule has 0 fully saturated rings. The Morgan fingerprint density at radius 3 is 1.12 bits per heavy atom. The minimum absolute atomic E-state index is 0.141. The lowest BCUT2D eigenvalue weighted by molar-refractivity contribution is -0.110. The summed E-state index contributed by atoms with van der Waals surface area (Å²) in [4.78, 5) is 21.7. The van der Waals surface area contributed by atoms with Gasteiger partial charge in [-0.15, -0.1) is 0 Å². The zero-order chi connectivity index (χ0) is 29.9. The number of benzene rings is 4. The molecule has 0 heterocycles. The molecular formula is C36H41IN2O3. The molecule has 5 nitrogen and oxygen atoms in total. The monoisotopic (exact) mass is 676 g/mol. The molecule has 42 heavy (non-hydrogen) atoms. The van der Waals surface area contributed by atoms with Crippen molar-refractivity contribution in [2.24, 2.45) is 0 Å². The lowest BCUT2D eigenvalue weighted by Gasteiger charge is -2.35. The number of hydrogen-bond acceptors (Lipinski definition) is 3. The maximum Gasteiger partial charge on any atom is 0.207 e. The Morgan fingerprint density at radius 2 is 0.857 bits per heavy atom. The third-order valence-corrected chi connectivity index (χ3v) is 8.54. The highest BCUT2D eigenvalue weighted by molar-refractivity contribution is 14.1. The van der Waals surface area contributed by atoms with Crippen LogP contribution in [0.1, 0.15) is 47.9 Å². The van der Waals surface area contributed by atoms with Gasteiger partial charge in [-0.1, -0.05) is 144 Å². The molecule has 0 aliphatic carbocycles. The topological polar surface area (TPSA) is 78.4 Å². The van der Waals surface area contributed by atoms with Gasteiger partial charge in [-0.25, -0.2) is 0 Å². The van der Waals surface area contributed by atoms with Crippen molar-refractivity contribution < 1.29 is 14.7 Å². The maximum atomic E-state index is 10.9. The van der Waals surface area contributed by atoms with Gasteiger partial charge in [-0.3, -0.25) is 9.59 Å². The fourth-order valence-electron chi connectivity index (χ4n) is 5.71. The van der Waals surface area contributed by atoms with E-state index in [1.54, 1.807) is 0 Å². The number of carbonyl (C=O) groups is 2. The summed E-state index contributed by atoms with van der Waals surface area (Å²) in [6, 6.07) is 41.3. The Bertz CT molecular complexity index is 1110. The third-order valence-electron chi connectivity index (χ3n) is 7.78. The molecule has 0 aliphatic heterocycles. The molecular weight excluding hydrogens is 635 g/mol. The summed E-state index contributed by atoms with van der Waals surface area (Å²) < 4.78 is 1.11. The van der Waals surface area contributed by atoms with E-state index in [9.17, 15) is 14.7 Å². The van der Waals surface area contributed by atoms with E-state index in [0.717, 1.165) is 47.6 Å². The first kappa shape index (κ1) is 33.0. The predicted molar refractivity (Wildman–Crippen MR) is 180 cm³/mol. The van der Waals surface area contributed by atoms with E-state index in [4.69, 9.17) is 0 Å². The van der Waals surface area contributed by atoms with Gasteiger partial charge in [0.1, 0.15) is 0 Å². The zero-order valence-corrected chi connectivity index (χ0v) is 26.2. The summed E-state index contributed by atoms with van der Waals surface area (Å²) in [5, 5.41) is 15.0. The first-order valence-electron chi connectivity index (χ1n) is 14.4. The highest BCUT2D eigenvalue weighted by Gasteiger charge is 2.34. The molecule has 3 N–H and O–H groups in total. The summed E-state index contributed by atoms with van der Waals surface area (Å²) in [5.41, 5.74) is 4.35. The first-order valence-corrected chi connectivity index (χ1v) is 15.9. The summed E-state index contributed by atoms with van der Waals surface area (Å²) in [6.45, 7) is 1.29. The summed E-state index contributed by atoms with van der Waals surface area (Å²) in [7, 11) is 0. The molecule has 0 aliphatic rings. The Kier molecular flexibility index (Phi) is 14.3. The standard InChI is InChI=1S/C18H20INO.C18H21NO2/c19-13-7-12-18(14-20-15-21,16-8-3-1-4-9-16)17-10-5-2-6-11-17;20-13-7-12-18(14-19-15-21,16-8-3-1-4-9-16)17-10-5-2-6-11-17/h1-6,8-11,15H,7,12-14H2,(H,20,21);1-6,8-11,15,20H,7,12-14H2,(H,19,21). The van der Waals surface area contributed by atoms with Gasteiger partial charge >= 0.3 is 0 Å². The van der Waals surface area contributed by atoms with Gasteiger partial charge < -0.3 is 15.7 Å². The van der Waals surface area contributed by atoms with Crippen LogP contribution >= 0.6 is 22.6 Å². The van der Waals surface area contributed by atoms with E-state index < -0.39 is 0 Å². The van der Waals surface area contributed by atoms with Gasteiger partial charge in [-0.05, 0) is 52.4 Å². The SMILES string of the molecule is O=CNCC(CCCI)(c1ccccc1)c1ccccc1.O=CNCC(CCCO)(c1ccccc1)c1ccccc1. The number of nitrogens with one attached hydrogen (secondary N) is 2. The van der Waals surface area contributed by atoms with Crippen molar-refractivity contribution in [3.05, 3.63) is 144 Å². The number of halogens is 1. The number of carbonyl (C=O) groups excluding carboxylic acids is 2. The summed E-state index contributed by atoms with van der Waals surface area (Å²) >= 11 is 2.41. The van der Waals surface area contributed by atoms with Gasteiger partial charge in [0.05, 0.1) is 0 Å². The fourth-order valence-corrected chi connectivity index (χ4v) is 6.09. The molecule has 6 heteroatoms. The van der Waals surface area contributed by atoms with Gasteiger partial charge in [0.25, 0.3) is 0 Å². The number of aliphatic hydroxyl groups excluding tert-OH is 1. The van der Waals surface area contributed by atoms with Crippen molar-refractivity contribution in [3.63, 3.8) is 0 Å². The van der Waals surface area contributed by atoms with Crippen LogP contribution in [0.4, 0.5) is 0 Å². The third kappa shape index (κ3) is 8.76. The second-order valence-electron chi connectivity index (χ2n) is 10.2. The van der Waals surface area contributed by atoms with Crippen LogP contribution < -0.4 is 10.6 Å². The number of alkyl halides is 1. The first-order chi connectivity index (χ1) is 20.7. The molecule has 0 bridgehead atoms. The van der Waals surface area contributed by atoms with Crippen molar-refractivity contribution >= 4 is 35.4 Å². The molecule has 4 rings (SSSR count). The van der Waals surface area contributed by atoms with E-state index >= 15 is 0 Å². The normalized spacial score (nSPS) is 11.1. The second kappa shape index (κ2) is 18.1. The Balaban J connectivity index is 0.000000230. The molecule has 2 amide bonds. The molecule has 0 saturated carbocycles. The number of hydrogen-bond donors (Lipinski definition) is 3. The highest BCUT2D eigenvalue weighted by Crippen LogP contribution is 2.37. The van der Waals surface area contributed by atoms with E-state index in [0.29, 0.717) is 19.5 Å². The maximum absolute atomic E-state index is 10.9. The molecule has 4 aromatic rings. The number of rotatable bonds is 16. The lowest BCUT2D eigenvalue weighted by atomic mass is 9.71. The molecule has 0 spiro atoms. The quantitative estimate of drug-likeness (QED) is 0.0728. The van der Waals surface area contributed by atoms with Crippen LogP contribution in [0.2, 0.25) is 0 Å². The van der Waals surface area contributed by atoms with Crippen molar-refractivity contribution in [2.75, 3.05) is 24.1 Å². The van der Waals surface area contributed by atoms with Gasteiger partial charge in [0.15, 0.2) is 0 Å². The molecule has 0 saturated heterocycles.